The Hall–Kier alpha value is -3.08. The van der Waals surface area contributed by atoms with Gasteiger partial charge in [0, 0.05) is 31.7 Å². The number of hydrogen-bond acceptors (Lipinski definition) is 6. The van der Waals surface area contributed by atoms with Gasteiger partial charge in [0.05, 0.1) is 29.2 Å². The van der Waals surface area contributed by atoms with Crippen molar-refractivity contribution in [2.24, 2.45) is 0 Å². The monoisotopic (exact) mass is 555 g/mol. The number of nitrogens with zero attached hydrogens (tertiary/aromatic N) is 2. The third-order valence-electron chi connectivity index (χ3n) is 7.16. The molecule has 1 fully saturated rings. The van der Waals surface area contributed by atoms with E-state index in [2.05, 4.69) is 5.32 Å². The van der Waals surface area contributed by atoms with E-state index in [1.165, 1.54) is 21.3 Å². The van der Waals surface area contributed by atoms with Crippen LogP contribution in [0.5, 0.6) is 0 Å². The van der Waals surface area contributed by atoms with E-state index >= 15 is 0 Å². The molecule has 0 saturated carbocycles. The van der Waals surface area contributed by atoms with Crippen molar-refractivity contribution in [1.82, 2.24) is 9.21 Å². The molecular weight excluding hydrogens is 518 g/mol. The zero-order valence-corrected chi connectivity index (χ0v) is 23.1. The Labute approximate surface area is 230 Å². The number of imide groups is 1. The Morgan fingerprint density at radius 3 is 1.90 bits per heavy atom. The first kappa shape index (κ1) is 28.9. The summed E-state index contributed by atoms with van der Waals surface area (Å²) in [5, 5.41) is 2.84. The quantitative estimate of drug-likeness (QED) is 0.272. The fraction of sp³-hybridized carbons (Fsp3) is 0.483. The van der Waals surface area contributed by atoms with E-state index in [1.807, 2.05) is 0 Å². The Balaban J connectivity index is 1.03. The molecule has 0 aliphatic carbocycles. The number of sulfonamides is 1. The van der Waals surface area contributed by atoms with Gasteiger partial charge < -0.3 is 10.1 Å². The van der Waals surface area contributed by atoms with Gasteiger partial charge in [0.25, 0.3) is 11.8 Å². The first-order valence-electron chi connectivity index (χ1n) is 13.8. The lowest BCUT2D eigenvalue weighted by Gasteiger charge is -2.26. The van der Waals surface area contributed by atoms with Crippen LogP contribution in [0.2, 0.25) is 0 Å². The summed E-state index contributed by atoms with van der Waals surface area (Å²) in [6, 6.07) is 13.3. The topological polar surface area (TPSA) is 113 Å². The molecule has 10 heteroatoms. The van der Waals surface area contributed by atoms with E-state index in [0.29, 0.717) is 56.1 Å². The largest absolute Gasteiger partial charge is 0.379 e. The molecule has 0 atom stereocenters. The highest BCUT2D eigenvalue weighted by molar-refractivity contribution is 7.89. The molecule has 1 N–H and O–H groups in total. The number of morpholine rings is 1. The highest BCUT2D eigenvalue weighted by Gasteiger charge is 2.34. The summed E-state index contributed by atoms with van der Waals surface area (Å²) < 4.78 is 32.0. The number of unbranched alkanes of at least 4 members (excludes halogenated alkanes) is 7. The van der Waals surface area contributed by atoms with Gasteiger partial charge in [0.15, 0.2) is 0 Å². The molecule has 2 aliphatic heterocycles. The second-order valence-corrected chi connectivity index (χ2v) is 11.9. The minimum Gasteiger partial charge on any atom is -0.379 e. The van der Waals surface area contributed by atoms with Crippen LogP contribution in [0, 0.1) is 0 Å². The maximum atomic E-state index is 12.7. The highest BCUT2D eigenvalue weighted by Crippen LogP contribution is 2.23. The summed E-state index contributed by atoms with van der Waals surface area (Å²) in [5.74, 6) is -0.450. The number of fused-ring (bicyclic) bond motifs is 1. The molecule has 0 aromatic heterocycles. The molecular formula is C29H37N3O6S. The Morgan fingerprint density at radius 1 is 0.769 bits per heavy atom. The molecule has 0 bridgehead atoms. The standard InChI is InChI=1S/C29H37N3O6S/c33-27(30-23-14-16-24(17-15-23)39(36,37)31-19-21-38-22-20-31)13-7-5-3-1-2-4-6-10-18-32-28(34)25-11-8-9-12-26(25)29(32)35/h8-9,11-12,14-17H,1-7,10,13,18-22H2,(H,30,33). The zero-order valence-electron chi connectivity index (χ0n) is 22.3. The molecule has 0 unspecified atom stereocenters. The third kappa shape index (κ3) is 7.52. The average molecular weight is 556 g/mol. The van der Waals surface area contributed by atoms with Crippen molar-refractivity contribution in [2.45, 2.75) is 62.7 Å². The normalized spacial score (nSPS) is 15.9. The number of carbonyl (C=O) groups excluding carboxylic acids is 3. The third-order valence-corrected chi connectivity index (χ3v) is 9.07. The van der Waals surface area contributed by atoms with Gasteiger partial charge in [-0.15, -0.1) is 0 Å². The summed E-state index contributed by atoms with van der Waals surface area (Å²) in [6.07, 6.45) is 8.28. The van der Waals surface area contributed by atoms with Crippen LogP contribution in [-0.4, -0.2) is 68.2 Å². The Kier molecular flexibility index (Phi) is 10.2. The maximum Gasteiger partial charge on any atom is 0.261 e. The van der Waals surface area contributed by atoms with E-state index in [9.17, 15) is 22.8 Å². The summed E-state index contributed by atoms with van der Waals surface area (Å²) >= 11 is 0. The first-order chi connectivity index (χ1) is 18.9. The number of carbonyl (C=O) groups is 3. The van der Waals surface area contributed by atoms with Gasteiger partial charge in [-0.3, -0.25) is 19.3 Å². The fourth-order valence-electron chi connectivity index (χ4n) is 4.93. The van der Waals surface area contributed by atoms with E-state index in [1.54, 1.807) is 36.4 Å². The van der Waals surface area contributed by atoms with Gasteiger partial charge in [-0.2, -0.15) is 4.31 Å². The number of rotatable bonds is 14. The lowest BCUT2D eigenvalue weighted by atomic mass is 10.1. The van der Waals surface area contributed by atoms with E-state index in [0.717, 1.165) is 51.4 Å². The van der Waals surface area contributed by atoms with Gasteiger partial charge in [0.1, 0.15) is 0 Å². The van der Waals surface area contributed by atoms with Gasteiger partial charge in [-0.05, 0) is 49.2 Å². The highest BCUT2D eigenvalue weighted by atomic mass is 32.2. The molecule has 9 nitrogen and oxygen atoms in total. The smallest absolute Gasteiger partial charge is 0.261 e. The second kappa shape index (κ2) is 13.8. The zero-order chi connectivity index (χ0) is 27.7. The minimum absolute atomic E-state index is 0.0769. The molecule has 2 aliphatic rings. The number of anilines is 1. The molecule has 3 amide bonds. The number of ether oxygens (including phenoxy) is 1. The molecule has 4 rings (SSSR count). The first-order valence-corrected chi connectivity index (χ1v) is 15.2. The predicted octanol–water partition coefficient (Wildman–Crippen LogP) is 4.45. The molecule has 2 aromatic carbocycles. The fourth-order valence-corrected chi connectivity index (χ4v) is 6.34. The van der Waals surface area contributed by atoms with Crippen molar-refractivity contribution < 1.29 is 27.5 Å². The van der Waals surface area contributed by atoms with Crippen LogP contribution in [0.1, 0.15) is 78.5 Å². The van der Waals surface area contributed by atoms with Crippen molar-refractivity contribution >= 4 is 33.4 Å². The molecule has 0 radical (unpaired) electrons. The van der Waals surface area contributed by atoms with Crippen LogP contribution in [0.3, 0.4) is 0 Å². The predicted molar refractivity (Wildman–Crippen MR) is 148 cm³/mol. The second-order valence-electron chi connectivity index (χ2n) is 9.97. The lowest BCUT2D eigenvalue weighted by Crippen LogP contribution is -2.40. The van der Waals surface area contributed by atoms with Crippen LogP contribution in [-0.2, 0) is 19.6 Å². The van der Waals surface area contributed by atoms with Crippen molar-refractivity contribution in [2.75, 3.05) is 38.2 Å². The molecule has 210 valence electrons. The number of nitrogens with one attached hydrogen (secondary N) is 1. The summed E-state index contributed by atoms with van der Waals surface area (Å²) in [5.41, 5.74) is 1.59. The van der Waals surface area contributed by atoms with Crippen LogP contribution in [0.25, 0.3) is 0 Å². The summed E-state index contributed by atoms with van der Waals surface area (Å²) in [4.78, 5) is 38.6. The number of hydrogen-bond donors (Lipinski definition) is 1. The summed E-state index contributed by atoms with van der Waals surface area (Å²) in [7, 11) is -3.55. The van der Waals surface area contributed by atoms with Crippen LogP contribution < -0.4 is 5.32 Å². The van der Waals surface area contributed by atoms with Crippen LogP contribution >= 0.6 is 0 Å². The van der Waals surface area contributed by atoms with Gasteiger partial charge >= 0.3 is 0 Å². The molecule has 39 heavy (non-hydrogen) atoms. The molecule has 2 heterocycles. The lowest BCUT2D eigenvalue weighted by molar-refractivity contribution is -0.116. The van der Waals surface area contributed by atoms with Crippen LogP contribution in [0.15, 0.2) is 53.4 Å². The van der Waals surface area contributed by atoms with E-state index < -0.39 is 10.0 Å². The molecule has 0 spiro atoms. The van der Waals surface area contributed by atoms with E-state index in [-0.39, 0.29) is 22.6 Å². The summed E-state index contributed by atoms with van der Waals surface area (Å²) in [6.45, 7) is 1.95. The number of benzene rings is 2. The van der Waals surface area contributed by atoms with Crippen molar-refractivity contribution in [1.29, 1.82) is 0 Å². The van der Waals surface area contributed by atoms with E-state index in [4.69, 9.17) is 4.74 Å². The number of amides is 3. The Morgan fingerprint density at radius 2 is 1.31 bits per heavy atom. The van der Waals surface area contributed by atoms with Gasteiger partial charge in [0.2, 0.25) is 15.9 Å². The maximum absolute atomic E-state index is 12.7. The van der Waals surface area contributed by atoms with Crippen molar-refractivity contribution in [3.63, 3.8) is 0 Å². The van der Waals surface area contributed by atoms with Crippen molar-refractivity contribution in [3.8, 4) is 0 Å². The van der Waals surface area contributed by atoms with Gasteiger partial charge in [-0.1, -0.05) is 50.7 Å². The SMILES string of the molecule is O=C(CCCCCCCCCCN1C(=O)c2ccccc2C1=O)Nc1ccc(S(=O)(=O)N2CCOCC2)cc1. The molecule has 2 aromatic rings. The van der Waals surface area contributed by atoms with Crippen molar-refractivity contribution in [3.05, 3.63) is 59.7 Å². The minimum atomic E-state index is -3.55. The van der Waals surface area contributed by atoms with Crippen LogP contribution in [0.4, 0.5) is 5.69 Å². The molecule has 1 saturated heterocycles. The van der Waals surface area contributed by atoms with Gasteiger partial charge in [-0.25, -0.2) is 8.42 Å². The average Bonchev–Trinajstić information content (AvgIpc) is 3.19. The Bertz CT molecular complexity index is 1220.